The zero-order valence-electron chi connectivity index (χ0n) is 18.3. The van der Waals surface area contributed by atoms with Crippen LogP contribution in [0.15, 0.2) is 72.8 Å². The predicted octanol–water partition coefficient (Wildman–Crippen LogP) is 6.14. The van der Waals surface area contributed by atoms with Crippen LogP contribution in [-0.4, -0.2) is 24.5 Å². The van der Waals surface area contributed by atoms with E-state index in [0.717, 1.165) is 26.2 Å². The summed E-state index contributed by atoms with van der Waals surface area (Å²) in [5.41, 5.74) is 8.06. The van der Waals surface area contributed by atoms with Gasteiger partial charge in [0.2, 0.25) is 0 Å². The molecule has 0 radical (unpaired) electrons. The molecule has 2 nitrogen and oxygen atoms in total. The van der Waals surface area contributed by atoms with E-state index in [9.17, 15) is 0 Å². The number of hydrogen-bond acceptors (Lipinski definition) is 2. The summed E-state index contributed by atoms with van der Waals surface area (Å²) in [7, 11) is 0. The van der Waals surface area contributed by atoms with E-state index in [-0.39, 0.29) is 0 Å². The number of hydrogen-bond donors (Lipinski definition) is 1. The average molecular weight is 387 g/mol. The van der Waals surface area contributed by atoms with E-state index in [1.165, 1.54) is 33.4 Å². The maximum Gasteiger partial charge on any atom is 0.0449 e. The Hall–Kier alpha value is -2.42. The molecule has 0 bridgehead atoms. The van der Waals surface area contributed by atoms with Crippen LogP contribution in [-0.2, 0) is 6.54 Å². The van der Waals surface area contributed by atoms with Gasteiger partial charge in [-0.15, -0.1) is 0 Å². The summed E-state index contributed by atoms with van der Waals surface area (Å²) in [6.45, 7) is 12.6. The lowest BCUT2D eigenvalue weighted by Crippen LogP contribution is -2.45. The van der Waals surface area contributed by atoms with Gasteiger partial charge >= 0.3 is 0 Å². The first-order chi connectivity index (χ1) is 14.2. The van der Waals surface area contributed by atoms with Gasteiger partial charge in [-0.3, -0.25) is 4.90 Å². The third-order valence-electron chi connectivity index (χ3n) is 5.53. The zero-order valence-corrected chi connectivity index (χ0v) is 18.3. The number of nitrogens with one attached hydrogen (secondary N) is 1. The van der Waals surface area contributed by atoms with Crippen molar-refractivity contribution in [2.75, 3.05) is 19.6 Å². The van der Waals surface area contributed by atoms with Gasteiger partial charge in [0.15, 0.2) is 0 Å². The Morgan fingerprint density at radius 1 is 0.897 bits per heavy atom. The van der Waals surface area contributed by atoms with E-state index in [2.05, 4.69) is 96.9 Å². The topological polar surface area (TPSA) is 15.3 Å². The summed E-state index contributed by atoms with van der Waals surface area (Å²) in [5.74, 6) is 0. The van der Waals surface area contributed by atoms with E-state index >= 15 is 0 Å². The maximum absolute atomic E-state index is 3.65. The molecule has 1 aliphatic rings. The van der Waals surface area contributed by atoms with Crippen LogP contribution >= 0.6 is 0 Å². The standard InChI is InChI=1S/C25H28N2.C2H6/c1-19-8-9-20(2)24(16-19)22-12-10-21(11-13-22)17-27-15-14-26-25(18-27)23-6-4-3-5-7-23;1-2/h3-13,16,25-26H,14-15,17-18H2,1-2H3;1-2H3. The molecule has 1 saturated heterocycles. The van der Waals surface area contributed by atoms with Crippen molar-refractivity contribution in [3.05, 3.63) is 95.1 Å². The van der Waals surface area contributed by atoms with Crippen LogP contribution in [0.1, 0.15) is 42.1 Å². The fourth-order valence-corrected chi connectivity index (χ4v) is 3.96. The Kier molecular flexibility index (Phi) is 7.62. The van der Waals surface area contributed by atoms with Crippen LogP contribution < -0.4 is 5.32 Å². The Bertz CT molecular complexity index is 884. The molecule has 2 heteroatoms. The van der Waals surface area contributed by atoms with Gasteiger partial charge in [-0.2, -0.15) is 0 Å². The number of nitrogens with zero attached hydrogens (tertiary/aromatic N) is 1. The van der Waals surface area contributed by atoms with E-state index in [1.807, 2.05) is 13.8 Å². The van der Waals surface area contributed by atoms with Crippen LogP contribution in [0.5, 0.6) is 0 Å². The largest absolute Gasteiger partial charge is 0.308 e. The third-order valence-corrected chi connectivity index (χ3v) is 5.53. The van der Waals surface area contributed by atoms with E-state index < -0.39 is 0 Å². The quantitative estimate of drug-likeness (QED) is 0.579. The molecular weight excluding hydrogens is 352 g/mol. The lowest BCUT2D eigenvalue weighted by molar-refractivity contribution is 0.193. The second-order valence-electron chi connectivity index (χ2n) is 7.67. The second-order valence-corrected chi connectivity index (χ2v) is 7.67. The molecule has 1 heterocycles. The van der Waals surface area contributed by atoms with Crippen molar-refractivity contribution >= 4 is 0 Å². The van der Waals surface area contributed by atoms with E-state index in [1.54, 1.807) is 0 Å². The predicted molar refractivity (Wildman–Crippen MR) is 125 cm³/mol. The van der Waals surface area contributed by atoms with Gasteiger partial charge in [-0.25, -0.2) is 0 Å². The van der Waals surface area contributed by atoms with Crippen molar-refractivity contribution in [1.82, 2.24) is 10.2 Å². The first kappa shape index (κ1) is 21.3. The summed E-state index contributed by atoms with van der Waals surface area (Å²) in [4.78, 5) is 2.56. The van der Waals surface area contributed by atoms with Gasteiger partial charge in [0.25, 0.3) is 0 Å². The van der Waals surface area contributed by atoms with Crippen LogP contribution in [0.3, 0.4) is 0 Å². The van der Waals surface area contributed by atoms with Crippen LogP contribution in [0.4, 0.5) is 0 Å². The Labute approximate surface area is 176 Å². The molecule has 3 aromatic carbocycles. The molecule has 3 aromatic rings. The molecule has 0 amide bonds. The minimum Gasteiger partial charge on any atom is -0.308 e. The third kappa shape index (κ3) is 5.56. The van der Waals surface area contributed by atoms with Gasteiger partial charge in [0.05, 0.1) is 0 Å². The van der Waals surface area contributed by atoms with Crippen LogP contribution in [0.25, 0.3) is 11.1 Å². The first-order valence-electron chi connectivity index (χ1n) is 10.9. The summed E-state index contributed by atoms with van der Waals surface area (Å²) < 4.78 is 0. The number of benzene rings is 3. The van der Waals surface area contributed by atoms with Crippen LogP contribution in [0, 0.1) is 13.8 Å². The van der Waals surface area contributed by atoms with Crippen LogP contribution in [0.2, 0.25) is 0 Å². The van der Waals surface area contributed by atoms with Gasteiger partial charge < -0.3 is 5.32 Å². The SMILES string of the molecule is CC.Cc1ccc(C)c(-c2ccc(CN3CCNC(c4ccccc4)C3)cc2)c1. The number of rotatable bonds is 4. The number of piperazine rings is 1. The molecule has 0 spiro atoms. The fraction of sp³-hybridized carbons (Fsp3) is 0.333. The lowest BCUT2D eigenvalue weighted by atomic mass is 9.97. The summed E-state index contributed by atoms with van der Waals surface area (Å²) in [6.07, 6.45) is 0. The molecular formula is C27H34N2. The van der Waals surface area contributed by atoms with Gasteiger partial charge in [-0.1, -0.05) is 92.2 Å². The van der Waals surface area contributed by atoms with E-state index in [0.29, 0.717) is 6.04 Å². The molecule has 0 aliphatic carbocycles. The highest BCUT2D eigenvalue weighted by Crippen LogP contribution is 2.25. The number of aryl methyl sites for hydroxylation is 2. The molecule has 0 saturated carbocycles. The van der Waals surface area contributed by atoms with E-state index in [4.69, 9.17) is 0 Å². The summed E-state index contributed by atoms with van der Waals surface area (Å²) in [6, 6.07) is 27.0. The lowest BCUT2D eigenvalue weighted by Gasteiger charge is -2.34. The molecule has 152 valence electrons. The van der Waals surface area contributed by atoms with Crippen molar-refractivity contribution in [3.63, 3.8) is 0 Å². The molecule has 1 atom stereocenters. The van der Waals surface area contributed by atoms with Crippen molar-refractivity contribution in [3.8, 4) is 11.1 Å². The maximum atomic E-state index is 3.65. The molecule has 0 aromatic heterocycles. The molecule has 4 rings (SSSR count). The molecule has 1 aliphatic heterocycles. The molecule has 29 heavy (non-hydrogen) atoms. The monoisotopic (exact) mass is 386 g/mol. The molecule has 1 unspecified atom stereocenters. The fourth-order valence-electron chi connectivity index (χ4n) is 3.96. The Morgan fingerprint density at radius 2 is 1.62 bits per heavy atom. The minimum absolute atomic E-state index is 0.425. The highest BCUT2D eigenvalue weighted by molar-refractivity contribution is 5.68. The van der Waals surface area contributed by atoms with Crippen molar-refractivity contribution in [2.24, 2.45) is 0 Å². The molecule has 1 fully saturated rings. The van der Waals surface area contributed by atoms with Gasteiger partial charge in [-0.05, 0) is 41.7 Å². The first-order valence-corrected chi connectivity index (χ1v) is 10.9. The van der Waals surface area contributed by atoms with Crippen molar-refractivity contribution in [1.29, 1.82) is 0 Å². The molecule has 1 N–H and O–H groups in total. The van der Waals surface area contributed by atoms with Crippen molar-refractivity contribution in [2.45, 2.75) is 40.3 Å². The highest BCUT2D eigenvalue weighted by atomic mass is 15.2. The normalized spacial score (nSPS) is 16.8. The average Bonchev–Trinajstić information content (AvgIpc) is 2.78. The smallest absolute Gasteiger partial charge is 0.0449 e. The summed E-state index contributed by atoms with van der Waals surface area (Å²) in [5, 5.41) is 3.65. The Balaban J connectivity index is 0.00000117. The summed E-state index contributed by atoms with van der Waals surface area (Å²) >= 11 is 0. The van der Waals surface area contributed by atoms with Gasteiger partial charge in [0, 0.05) is 32.2 Å². The second kappa shape index (κ2) is 10.4. The van der Waals surface area contributed by atoms with Crippen molar-refractivity contribution < 1.29 is 0 Å². The zero-order chi connectivity index (χ0) is 20.6. The van der Waals surface area contributed by atoms with Gasteiger partial charge in [0.1, 0.15) is 0 Å². The Morgan fingerprint density at radius 3 is 2.34 bits per heavy atom. The highest BCUT2D eigenvalue weighted by Gasteiger charge is 2.20. The minimum atomic E-state index is 0.425.